The van der Waals surface area contributed by atoms with E-state index < -0.39 is 46.9 Å². The van der Waals surface area contributed by atoms with Crippen LogP contribution in [-0.4, -0.2) is 22.4 Å². The van der Waals surface area contributed by atoms with Gasteiger partial charge in [0.05, 0.1) is 5.69 Å². The largest absolute Gasteiger partial charge is 0.573 e. The monoisotopic (exact) mass is 411 g/mol. The standard InChI is InChI=1S/C19H10F5NO4/c20-12-5-3-4-10(16(12)21)13-9-8-11(18(26)27)17(25-13)28-14-6-1-2-7-15(14)29-19(22,23)24/h1-9H,(H,26,27). The minimum absolute atomic E-state index is 0.184. The summed E-state index contributed by atoms with van der Waals surface area (Å²) in [6.45, 7) is 0. The molecule has 0 atom stereocenters. The van der Waals surface area contributed by atoms with Gasteiger partial charge in [-0.3, -0.25) is 0 Å². The number of carbonyl (C=O) groups is 1. The van der Waals surface area contributed by atoms with Gasteiger partial charge in [-0.1, -0.05) is 18.2 Å². The molecule has 0 radical (unpaired) electrons. The van der Waals surface area contributed by atoms with Crippen molar-refractivity contribution in [2.75, 3.05) is 0 Å². The van der Waals surface area contributed by atoms with Gasteiger partial charge in [0.2, 0.25) is 5.88 Å². The van der Waals surface area contributed by atoms with Crippen molar-refractivity contribution in [3.63, 3.8) is 0 Å². The number of hydrogen-bond donors (Lipinski definition) is 1. The first-order valence-corrected chi connectivity index (χ1v) is 7.87. The van der Waals surface area contributed by atoms with Crippen LogP contribution in [0.4, 0.5) is 22.0 Å². The summed E-state index contributed by atoms with van der Waals surface area (Å²) in [5, 5.41) is 9.29. The van der Waals surface area contributed by atoms with Crippen molar-refractivity contribution in [3.05, 3.63) is 71.8 Å². The van der Waals surface area contributed by atoms with E-state index in [2.05, 4.69) is 9.72 Å². The third kappa shape index (κ3) is 4.60. The highest BCUT2D eigenvalue weighted by Gasteiger charge is 2.32. The third-order valence-electron chi connectivity index (χ3n) is 3.60. The van der Waals surface area contributed by atoms with Gasteiger partial charge in [-0.2, -0.15) is 0 Å². The molecule has 5 nitrogen and oxygen atoms in total. The minimum Gasteiger partial charge on any atom is -0.477 e. The van der Waals surface area contributed by atoms with Gasteiger partial charge < -0.3 is 14.6 Å². The quantitative estimate of drug-likeness (QED) is 0.568. The van der Waals surface area contributed by atoms with E-state index in [1.807, 2.05) is 0 Å². The Morgan fingerprint density at radius 3 is 2.28 bits per heavy atom. The van der Waals surface area contributed by atoms with Gasteiger partial charge in [0.25, 0.3) is 0 Å². The van der Waals surface area contributed by atoms with Gasteiger partial charge in [-0.25, -0.2) is 18.6 Å². The van der Waals surface area contributed by atoms with Crippen molar-refractivity contribution in [1.82, 2.24) is 4.98 Å². The van der Waals surface area contributed by atoms with Crippen molar-refractivity contribution in [2.24, 2.45) is 0 Å². The van der Waals surface area contributed by atoms with Crippen LogP contribution >= 0.6 is 0 Å². The number of para-hydroxylation sites is 2. The zero-order valence-electron chi connectivity index (χ0n) is 14.2. The van der Waals surface area contributed by atoms with E-state index in [9.17, 15) is 31.9 Å². The highest BCUT2D eigenvalue weighted by Crippen LogP contribution is 2.36. The number of pyridine rings is 1. The molecule has 2 aromatic carbocycles. The Kier molecular flexibility index (Phi) is 5.35. The molecule has 0 aliphatic heterocycles. The van der Waals surface area contributed by atoms with Crippen molar-refractivity contribution < 1.29 is 41.3 Å². The van der Waals surface area contributed by atoms with Crippen molar-refractivity contribution >= 4 is 5.97 Å². The topological polar surface area (TPSA) is 68.7 Å². The van der Waals surface area contributed by atoms with E-state index in [1.54, 1.807) is 0 Å². The molecular formula is C19H10F5NO4. The molecule has 0 spiro atoms. The molecule has 0 aliphatic rings. The highest BCUT2D eigenvalue weighted by atomic mass is 19.4. The Bertz CT molecular complexity index is 1070. The van der Waals surface area contributed by atoms with Crippen LogP contribution in [0.1, 0.15) is 10.4 Å². The number of alkyl halides is 3. The Labute approximate surface area is 160 Å². The molecule has 0 amide bonds. The molecule has 150 valence electrons. The maximum absolute atomic E-state index is 14.0. The van der Waals surface area contributed by atoms with E-state index >= 15 is 0 Å². The molecule has 3 rings (SSSR count). The molecule has 10 heteroatoms. The smallest absolute Gasteiger partial charge is 0.477 e. The summed E-state index contributed by atoms with van der Waals surface area (Å²) < 4.78 is 74.3. The molecule has 29 heavy (non-hydrogen) atoms. The molecule has 1 N–H and O–H groups in total. The number of aromatic nitrogens is 1. The van der Waals surface area contributed by atoms with E-state index in [0.717, 1.165) is 30.3 Å². The second-order valence-electron chi connectivity index (χ2n) is 5.55. The zero-order chi connectivity index (χ0) is 21.2. The highest BCUT2D eigenvalue weighted by molar-refractivity contribution is 5.90. The number of nitrogens with zero attached hydrogens (tertiary/aromatic N) is 1. The van der Waals surface area contributed by atoms with Crippen molar-refractivity contribution in [3.8, 4) is 28.6 Å². The second kappa shape index (κ2) is 7.74. The van der Waals surface area contributed by atoms with Crippen LogP contribution in [-0.2, 0) is 0 Å². The van der Waals surface area contributed by atoms with Crippen LogP contribution in [0.25, 0.3) is 11.3 Å². The molecule has 0 saturated carbocycles. The Morgan fingerprint density at radius 1 is 0.931 bits per heavy atom. The summed E-state index contributed by atoms with van der Waals surface area (Å²) in [6, 6.07) is 10.1. The molecule has 3 aromatic rings. The average molecular weight is 411 g/mol. The lowest BCUT2D eigenvalue weighted by atomic mass is 10.1. The number of hydrogen-bond acceptors (Lipinski definition) is 4. The molecule has 1 aromatic heterocycles. The van der Waals surface area contributed by atoms with Crippen molar-refractivity contribution in [2.45, 2.75) is 6.36 Å². The van der Waals surface area contributed by atoms with Gasteiger partial charge in [-0.05, 0) is 36.4 Å². The van der Waals surface area contributed by atoms with Gasteiger partial charge in [0.15, 0.2) is 23.1 Å². The average Bonchev–Trinajstić information content (AvgIpc) is 2.64. The van der Waals surface area contributed by atoms with Crippen LogP contribution in [0.15, 0.2) is 54.6 Å². The van der Waals surface area contributed by atoms with Crippen LogP contribution < -0.4 is 9.47 Å². The lowest BCUT2D eigenvalue weighted by Crippen LogP contribution is -2.17. The Hall–Kier alpha value is -3.69. The van der Waals surface area contributed by atoms with Crippen LogP contribution in [0, 0.1) is 11.6 Å². The maximum atomic E-state index is 14.0. The number of halogens is 5. The number of rotatable bonds is 5. The number of aromatic carboxylic acids is 1. The van der Waals surface area contributed by atoms with Gasteiger partial charge in [0, 0.05) is 5.56 Å². The summed E-state index contributed by atoms with van der Waals surface area (Å²) in [4.78, 5) is 15.3. The van der Waals surface area contributed by atoms with Crippen LogP contribution in [0.3, 0.4) is 0 Å². The molecule has 0 unspecified atom stereocenters. The first-order valence-electron chi connectivity index (χ1n) is 7.87. The van der Waals surface area contributed by atoms with Crippen molar-refractivity contribution in [1.29, 1.82) is 0 Å². The van der Waals surface area contributed by atoms with E-state index in [-0.39, 0.29) is 11.3 Å². The first-order chi connectivity index (χ1) is 13.7. The number of benzene rings is 2. The van der Waals surface area contributed by atoms with E-state index in [4.69, 9.17) is 4.74 Å². The summed E-state index contributed by atoms with van der Waals surface area (Å²) >= 11 is 0. The maximum Gasteiger partial charge on any atom is 0.573 e. The predicted octanol–water partition coefficient (Wildman–Crippen LogP) is 5.42. The zero-order valence-corrected chi connectivity index (χ0v) is 14.2. The Morgan fingerprint density at radius 2 is 1.62 bits per heavy atom. The first kappa shape index (κ1) is 20.1. The number of carboxylic acids is 1. The lowest BCUT2D eigenvalue weighted by Gasteiger charge is -2.15. The molecule has 0 bridgehead atoms. The lowest BCUT2D eigenvalue weighted by molar-refractivity contribution is -0.275. The minimum atomic E-state index is -5.02. The third-order valence-corrected chi connectivity index (χ3v) is 3.60. The van der Waals surface area contributed by atoms with Crippen LogP contribution in [0.2, 0.25) is 0 Å². The number of ether oxygens (including phenoxy) is 2. The fourth-order valence-corrected chi connectivity index (χ4v) is 2.38. The predicted molar refractivity (Wildman–Crippen MR) is 89.7 cm³/mol. The van der Waals surface area contributed by atoms with E-state index in [0.29, 0.717) is 0 Å². The summed E-state index contributed by atoms with van der Waals surface area (Å²) in [5.41, 5.74) is -0.977. The second-order valence-corrected chi connectivity index (χ2v) is 5.55. The summed E-state index contributed by atoms with van der Waals surface area (Å²) in [6.07, 6.45) is -5.02. The Balaban J connectivity index is 2.07. The van der Waals surface area contributed by atoms with Crippen LogP contribution in [0.5, 0.6) is 17.4 Å². The molecule has 0 fully saturated rings. The fraction of sp³-hybridized carbons (Fsp3) is 0.0526. The molecule has 0 saturated heterocycles. The SMILES string of the molecule is O=C(O)c1ccc(-c2cccc(F)c2F)nc1Oc1ccccc1OC(F)(F)F. The number of carboxylic acid groups (broad SMARTS) is 1. The van der Waals surface area contributed by atoms with Gasteiger partial charge >= 0.3 is 12.3 Å². The van der Waals surface area contributed by atoms with E-state index in [1.165, 1.54) is 24.3 Å². The summed E-state index contributed by atoms with van der Waals surface area (Å²) in [7, 11) is 0. The van der Waals surface area contributed by atoms with Gasteiger partial charge in [0.1, 0.15) is 5.56 Å². The molecule has 0 aliphatic carbocycles. The molecule has 1 heterocycles. The fourth-order valence-electron chi connectivity index (χ4n) is 2.38. The molecular weight excluding hydrogens is 401 g/mol. The van der Waals surface area contributed by atoms with Gasteiger partial charge in [-0.15, -0.1) is 13.2 Å². The summed E-state index contributed by atoms with van der Waals surface area (Å²) in [5.74, 6) is -5.71. The normalized spacial score (nSPS) is 11.2.